The summed E-state index contributed by atoms with van der Waals surface area (Å²) in [4.78, 5) is 36.3. The van der Waals surface area contributed by atoms with Crippen LogP contribution in [0.4, 0.5) is 20.3 Å². The molecule has 1 fully saturated rings. The van der Waals surface area contributed by atoms with Gasteiger partial charge >= 0.3 is 0 Å². The van der Waals surface area contributed by atoms with E-state index >= 15 is 0 Å². The third kappa shape index (κ3) is 5.09. The molecule has 0 saturated carbocycles. The first-order valence-corrected chi connectivity index (χ1v) is 13.3. The molecule has 1 saturated heterocycles. The molecule has 2 unspecified atom stereocenters. The summed E-state index contributed by atoms with van der Waals surface area (Å²) in [7, 11) is 0. The van der Waals surface area contributed by atoms with Crippen LogP contribution in [0.5, 0.6) is 0 Å². The summed E-state index contributed by atoms with van der Waals surface area (Å²) in [5, 5.41) is 12.5. The van der Waals surface area contributed by atoms with Crippen LogP contribution in [0.25, 0.3) is 11.1 Å². The summed E-state index contributed by atoms with van der Waals surface area (Å²) < 4.78 is 33.2. The number of hydrogen-bond donors (Lipinski definition) is 2. The molecule has 3 aromatic rings. The highest BCUT2D eigenvalue weighted by Gasteiger charge is 2.49. The number of pyridine rings is 2. The molecule has 210 valence electrons. The average molecular weight is 551 g/mol. The topological polar surface area (TPSA) is 105 Å². The fourth-order valence-electron chi connectivity index (χ4n) is 5.67. The predicted molar refractivity (Wildman–Crippen MR) is 147 cm³/mol. The summed E-state index contributed by atoms with van der Waals surface area (Å²) in [6.07, 6.45) is 4.13. The van der Waals surface area contributed by atoms with E-state index in [4.69, 9.17) is 9.72 Å². The Morgan fingerprint density at radius 1 is 1.23 bits per heavy atom. The lowest BCUT2D eigenvalue weighted by Gasteiger charge is -2.44. The summed E-state index contributed by atoms with van der Waals surface area (Å²) in [5.74, 6) is -3.48. The number of fused-ring (bicyclic) bond motifs is 3. The second-order valence-electron chi connectivity index (χ2n) is 10.7. The van der Waals surface area contributed by atoms with E-state index in [1.165, 1.54) is 12.3 Å². The van der Waals surface area contributed by atoms with E-state index in [1.807, 2.05) is 25.1 Å². The zero-order valence-corrected chi connectivity index (χ0v) is 22.7. The molecule has 2 aliphatic rings. The van der Waals surface area contributed by atoms with Crippen molar-refractivity contribution < 1.29 is 28.2 Å². The van der Waals surface area contributed by atoms with Gasteiger partial charge in [-0.1, -0.05) is 13.0 Å². The van der Waals surface area contributed by atoms with Gasteiger partial charge in [-0.3, -0.25) is 19.5 Å². The van der Waals surface area contributed by atoms with Gasteiger partial charge in [0.2, 0.25) is 5.91 Å². The Morgan fingerprint density at radius 3 is 2.77 bits per heavy atom. The minimum Gasteiger partial charge on any atom is -0.395 e. The van der Waals surface area contributed by atoms with E-state index in [9.17, 15) is 23.5 Å². The van der Waals surface area contributed by atoms with Crippen molar-refractivity contribution in [3.05, 3.63) is 71.2 Å². The average Bonchev–Trinajstić information content (AvgIpc) is 3.14. The van der Waals surface area contributed by atoms with Crippen LogP contribution in [0.3, 0.4) is 0 Å². The van der Waals surface area contributed by atoms with Gasteiger partial charge in [0.25, 0.3) is 11.8 Å². The number of β-amino-alcohol motifs (C(OH)–C–C–N with tert-alkyl or cyclic N) is 1. The summed E-state index contributed by atoms with van der Waals surface area (Å²) in [5.41, 5.74) is 3.12. The zero-order chi connectivity index (χ0) is 28.7. The maximum Gasteiger partial charge on any atom is 0.286 e. The minimum atomic E-state index is -3.16. The number of nitrogens with one attached hydrogen (secondary N) is 1. The van der Waals surface area contributed by atoms with Gasteiger partial charge in [0, 0.05) is 60.3 Å². The van der Waals surface area contributed by atoms with Gasteiger partial charge in [-0.15, -0.1) is 0 Å². The van der Waals surface area contributed by atoms with Gasteiger partial charge in [-0.25, -0.2) is 4.98 Å². The molecule has 5 rings (SSSR count). The number of aryl methyl sites for hydroxylation is 1. The smallest absolute Gasteiger partial charge is 0.286 e. The number of nitrogens with zero attached hydrogens (tertiary/aromatic N) is 3. The lowest BCUT2D eigenvalue weighted by Crippen LogP contribution is -2.52. The molecule has 2 atom stereocenters. The number of rotatable bonds is 6. The van der Waals surface area contributed by atoms with Crippen molar-refractivity contribution in [2.24, 2.45) is 5.92 Å². The monoisotopic (exact) mass is 550 g/mol. The molecule has 40 heavy (non-hydrogen) atoms. The van der Waals surface area contributed by atoms with Crippen LogP contribution < -0.4 is 10.2 Å². The molecule has 1 aromatic carbocycles. The number of aromatic nitrogens is 2. The number of benzene rings is 1. The van der Waals surface area contributed by atoms with Crippen molar-refractivity contribution in [2.75, 3.05) is 36.6 Å². The Bertz CT molecular complexity index is 1460. The van der Waals surface area contributed by atoms with Crippen LogP contribution in [0.2, 0.25) is 0 Å². The highest BCUT2D eigenvalue weighted by molar-refractivity contribution is 6.04. The number of alkyl halides is 2. The molecule has 0 bridgehead atoms. The molecule has 0 spiro atoms. The van der Waals surface area contributed by atoms with Crippen molar-refractivity contribution in [3.8, 4) is 11.1 Å². The number of ether oxygens (including phenoxy) is 1. The van der Waals surface area contributed by atoms with Crippen LogP contribution in [0.1, 0.15) is 53.9 Å². The van der Waals surface area contributed by atoms with Crippen LogP contribution in [-0.4, -0.2) is 53.3 Å². The maximum atomic E-state index is 13.7. The number of amides is 2. The Kier molecular flexibility index (Phi) is 7.41. The molecule has 2 aromatic heterocycles. The van der Waals surface area contributed by atoms with E-state index in [-0.39, 0.29) is 30.5 Å². The molecular formula is C30H32F2N4O4. The number of carbonyl (C=O) groups is 2. The number of anilines is 2. The first kappa shape index (κ1) is 27.8. The van der Waals surface area contributed by atoms with Crippen molar-refractivity contribution in [2.45, 2.75) is 45.0 Å². The Hall–Kier alpha value is -3.76. The van der Waals surface area contributed by atoms with Crippen LogP contribution in [0, 0.1) is 12.8 Å². The van der Waals surface area contributed by atoms with Gasteiger partial charge in [0.1, 0.15) is 11.5 Å². The number of halogens is 2. The van der Waals surface area contributed by atoms with E-state index in [0.717, 1.165) is 35.2 Å². The standard InChI is InChI=1S/C30H32F2N4O4/c1-18-4-5-21(35-27(38)19-6-9-33-25(15-19)30(3,31)32)16-22(18)20-14-24-26(34-17-20)36(10-11-37)28(39)23-7-12-40-13-8-29(23,24)2/h4-6,9,14-17,23,37H,7-8,10-13H2,1-3H3,(H,35,38). The number of aliphatic hydroxyl groups excluding tert-OH is 1. The molecular weight excluding hydrogens is 518 g/mol. The highest BCUT2D eigenvalue weighted by atomic mass is 19.3. The fraction of sp³-hybridized carbons (Fsp3) is 0.400. The van der Waals surface area contributed by atoms with Crippen LogP contribution in [-0.2, 0) is 20.9 Å². The Morgan fingerprint density at radius 2 is 2.02 bits per heavy atom. The maximum absolute atomic E-state index is 13.7. The zero-order valence-electron chi connectivity index (χ0n) is 22.7. The van der Waals surface area contributed by atoms with E-state index in [0.29, 0.717) is 37.6 Å². The molecule has 0 aliphatic carbocycles. The van der Waals surface area contributed by atoms with Crippen molar-refractivity contribution >= 4 is 23.3 Å². The SMILES string of the molecule is Cc1ccc(NC(=O)c2ccnc(C(C)(F)F)c2)cc1-c1cnc2c(c1)C1(C)CCOCCC1C(=O)N2CCO. The second kappa shape index (κ2) is 10.7. The van der Waals surface area contributed by atoms with Gasteiger partial charge < -0.3 is 15.2 Å². The first-order chi connectivity index (χ1) is 19.0. The molecule has 0 radical (unpaired) electrons. The minimum absolute atomic E-state index is 0.0456. The van der Waals surface area contributed by atoms with Crippen molar-refractivity contribution in [3.63, 3.8) is 0 Å². The van der Waals surface area contributed by atoms with Crippen molar-refractivity contribution in [1.29, 1.82) is 0 Å². The van der Waals surface area contributed by atoms with Gasteiger partial charge in [0.05, 0.1) is 19.1 Å². The van der Waals surface area contributed by atoms with E-state index < -0.39 is 22.9 Å². The Balaban J connectivity index is 1.51. The predicted octanol–water partition coefficient (Wildman–Crippen LogP) is 4.84. The normalized spacial score (nSPS) is 20.9. The lowest BCUT2D eigenvalue weighted by molar-refractivity contribution is -0.125. The number of hydrogen-bond acceptors (Lipinski definition) is 6. The van der Waals surface area contributed by atoms with E-state index in [2.05, 4.69) is 17.2 Å². The summed E-state index contributed by atoms with van der Waals surface area (Å²) >= 11 is 0. The largest absolute Gasteiger partial charge is 0.395 e. The van der Waals surface area contributed by atoms with Crippen LogP contribution >= 0.6 is 0 Å². The third-order valence-corrected chi connectivity index (χ3v) is 7.99. The second-order valence-corrected chi connectivity index (χ2v) is 10.7. The fourth-order valence-corrected chi connectivity index (χ4v) is 5.67. The van der Waals surface area contributed by atoms with Crippen LogP contribution in [0.15, 0.2) is 48.8 Å². The summed E-state index contributed by atoms with van der Waals surface area (Å²) in [6, 6.07) is 9.96. The van der Waals surface area contributed by atoms with Gasteiger partial charge in [-0.05, 0) is 61.2 Å². The first-order valence-electron chi connectivity index (χ1n) is 13.3. The van der Waals surface area contributed by atoms with E-state index in [1.54, 1.807) is 17.2 Å². The van der Waals surface area contributed by atoms with Crippen molar-refractivity contribution in [1.82, 2.24) is 9.97 Å². The Labute approximate surface area is 231 Å². The lowest BCUT2D eigenvalue weighted by atomic mass is 9.66. The molecule has 4 heterocycles. The molecule has 8 nitrogen and oxygen atoms in total. The molecule has 2 N–H and O–H groups in total. The highest BCUT2D eigenvalue weighted by Crippen LogP contribution is 2.48. The quantitative estimate of drug-likeness (QED) is 0.455. The molecule has 2 aliphatic heterocycles. The van der Waals surface area contributed by atoms with Gasteiger partial charge in [0.15, 0.2) is 0 Å². The molecule has 10 heteroatoms. The number of carbonyl (C=O) groups excluding carboxylic acids is 2. The molecule has 2 amide bonds. The number of aliphatic hydroxyl groups is 1. The summed E-state index contributed by atoms with van der Waals surface area (Å²) in [6.45, 7) is 5.78. The van der Waals surface area contributed by atoms with Gasteiger partial charge in [-0.2, -0.15) is 8.78 Å². The third-order valence-electron chi connectivity index (χ3n) is 7.99.